The standard InChI is InChI=1S/C24H40O3.C2H7NO3S/c1-15(4-9-22(26)27)19-7-8-20-18-6-5-16-14-17(25)10-12-23(16,2)21(18)11-13-24(19,20)3;3-1-2-7(4,5)6/h15-21,25H,4-14H2,1-3H3,(H,26,27);1-3H2,(H,4,5,6)/t15-,16?,17-,18?,19-,20?,21?,23+,24-;/m1./s1. The molecule has 4 fully saturated rings. The van der Waals surface area contributed by atoms with Crippen LogP contribution >= 0.6 is 0 Å². The number of hydrogen-bond acceptors (Lipinski definition) is 5. The molecule has 0 saturated heterocycles. The Morgan fingerprint density at radius 1 is 1.03 bits per heavy atom. The molecule has 0 aliphatic heterocycles. The number of aliphatic hydroxyl groups excluding tert-OH is 1. The van der Waals surface area contributed by atoms with E-state index in [1.165, 1.54) is 44.9 Å². The highest BCUT2D eigenvalue weighted by Crippen LogP contribution is 2.68. The van der Waals surface area contributed by atoms with Crippen LogP contribution in [0.5, 0.6) is 0 Å². The Bertz CT molecular complexity index is 818. The van der Waals surface area contributed by atoms with Gasteiger partial charge in [-0.25, -0.2) is 0 Å². The first-order valence-electron chi connectivity index (χ1n) is 13.4. The van der Waals surface area contributed by atoms with E-state index in [4.69, 9.17) is 15.4 Å². The van der Waals surface area contributed by atoms with Crippen molar-refractivity contribution in [3.63, 3.8) is 0 Å². The van der Waals surface area contributed by atoms with Crippen LogP contribution in [-0.2, 0) is 14.9 Å². The van der Waals surface area contributed by atoms with Gasteiger partial charge in [-0.15, -0.1) is 0 Å². The van der Waals surface area contributed by atoms with Crippen LogP contribution in [0.4, 0.5) is 0 Å². The molecule has 0 aromatic heterocycles. The number of hydrogen-bond donors (Lipinski definition) is 4. The molecular formula is C26H47NO6S. The summed E-state index contributed by atoms with van der Waals surface area (Å²) in [6.45, 7) is 7.40. The number of carbonyl (C=O) groups is 1. The Labute approximate surface area is 206 Å². The lowest BCUT2D eigenvalue weighted by atomic mass is 9.44. The van der Waals surface area contributed by atoms with Crippen LogP contribution in [0.25, 0.3) is 0 Å². The molecule has 4 aliphatic carbocycles. The van der Waals surface area contributed by atoms with Crippen molar-refractivity contribution < 1.29 is 28.0 Å². The molecule has 0 heterocycles. The number of nitrogens with two attached hydrogens (primary N) is 1. The summed E-state index contributed by atoms with van der Waals surface area (Å²) in [5, 5.41) is 19.3. The van der Waals surface area contributed by atoms with Crippen molar-refractivity contribution in [3.05, 3.63) is 0 Å². The van der Waals surface area contributed by atoms with Crippen molar-refractivity contribution in [1.82, 2.24) is 0 Å². The molecule has 4 aliphatic rings. The molecule has 7 nitrogen and oxygen atoms in total. The van der Waals surface area contributed by atoms with Crippen molar-refractivity contribution in [1.29, 1.82) is 0 Å². The fraction of sp³-hybridized carbons (Fsp3) is 0.962. The van der Waals surface area contributed by atoms with Gasteiger partial charge in [0.1, 0.15) is 0 Å². The minimum atomic E-state index is -3.80. The van der Waals surface area contributed by atoms with Gasteiger partial charge in [-0.1, -0.05) is 20.8 Å². The molecule has 4 rings (SSSR count). The fourth-order valence-corrected chi connectivity index (χ4v) is 9.21. The second-order valence-electron chi connectivity index (χ2n) is 12.3. The molecule has 4 unspecified atom stereocenters. The Kier molecular flexibility index (Phi) is 8.80. The molecule has 0 aromatic rings. The third-order valence-corrected chi connectivity index (χ3v) is 11.3. The van der Waals surface area contributed by atoms with E-state index in [2.05, 4.69) is 20.8 Å². The van der Waals surface area contributed by atoms with Crippen LogP contribution in [0.3, 0.4) is 0 Å². The molecule has 4 saturated carbocycles. The zero-order chi connectivity index (χ0) is 25.3. The molecule has 0 bridgehead atoms. The number of fused-ring (bicyclic) bond motifs is 5. The average molecular weight is 502 g/mol. The molecule has 34 heavy (non-hydrogen) atoms. The van der Waals surface area contributed by atoms with E-state index >= 15 is 0 Å². The number of aliphatic carboxylic acids is 1. The quantitative estimate of drug-likeness (QED) is 0.397. The maximum Gasteiger partial charge on any atom is 0.303 e. The first kappa shape index (κ1) is 27.9. The van der Waals surface area contributed by atoms with Crippen molar-refractivity contribution in [2.24, 2.45) is 52.1 Å². The van der Waals surface area contributed by atoms with E-state index in [1.807, 2.05) is 0 Å². The summed E-state index contributed by atoms with van der Waals surface area (Å²) in [6, 6.07) is 0. The summed E-state index contributed by atoms with van der Waals surface area (Å²) >= 11 is 0. The summed E-state index contributed by atoms with van der Waals surface area (Å²) in [5.41, 5.74) is 5.66. The van der Waals surface area contributed by atoms with Crippen LogP contribution in [0.2, 0.25) is 0 Å². The molecule has 0 amide bonds. The van der Waals surface area contributed by atoms with Crippen molar-refractivity contribution in [3.8, 4) is 0 Å². The van der Waals surface area contributed by atoms with Crippen LogP contribution < -0.4 is 5.73 Å². The summed E-state index contributed by atoms with van der Waals surface area (Å²) in [6.07, 6.45) is 12.4. The second kappa shape index (κ2) is 10.7. The summed E-state index contributed by atoms with van der Waals surface area (Å²) < 4.78 is 27.3. The fourth-order valence-electron chi connectivity index (χ4n) is 8.91. The van der Waals surface area contributed by atoms with E-state index in [9.17, 15) is 18.3 Å². The third-order valence-electron chi connectivity index (χ3n) is 10.6. The molecule has 8 heteroatoms. The number of aliphatic hydroxyl groups is 1. The van der Waals surface area contributed by atoms with Gasteiger partial charge in [0.2, 0.25) is 0 Å². The lowest BCUT2D eigenvalue weighted by Crippen LogP contribution is -2.54. The Morgan fingerprint density at radius 3 is 2.26 bits per heavy atom. The average Bonchev–Trinajstić information content (AvgIpc) is 3.09. The summed E-state index contributed by atoms with van der Waals surface area (Å²) in [7, 11) is -3.80. The topological polar surface area (TPSA) is 138 Å². The Morgan fingerprint density at radius 2 is 1.68 bits per heavy atom. The smallest absolute Gasteiger partial charge is 0.303 e. The van der Waals surface area contributed by atoms with Crippen molar-refractivity contribution in [2.75, 3.05) is 12.3 Å². The molecule has 0 aromatic carbocycles. The van der Waals surface area contributed by atoms with Crippen LogP contribution in [-0.4, -0.2) is 47.6 Å². The monoisotopic (exact) mass is 501 g/mol. The molecule has 0 spiro atoms. The maximum atomic E-state index is 11.0. The minimum absolute atomic E-state index is 0.0289. The van der Waals surface area contributed by atoms with E-state index in [1.54, 1.807) is 0 Å². The van der Waals surface area contributed by atoms with Crippen LogP contribution in [0.1, 0.15) is 91.4 Å². The van der Waals surface area contributed by atoms with E-state index in [0.717, 1.165) is 42.9 Å². The number of carboxylic acid groups (broad SMARTS) is 1. The van der Waals surface area contributed by atoms with Gasteiger partial charge in [0.25, 0.3) is 10.1 Å². The van der Waals surface area contributed by atoms with E-state index in [0.29, 0.717) is 29.1 Å². The summed E-state index contributed by atoms with van der Waals surface area (Å²) in [5.74, 6) is 3.55. The van der Waals surface area contributed by atoms with Gasteiger partial charge >= 0.3 is 5.97 Å². The lowest BCUT2D eigenvalue weighted by molar-refractivity contribution is -0.138. The van der Waals surface area contributed by atoms with Gasteiger partial charge in [0.15, 0.2) is 0 Å². The molecule has 198 valence electrons. The van der Waals surface area contributed by atoms with Crippen molar-refractivity contribution >= 4 is 16.1 Å². The van der Waals surface area contributed by atoms with Gasteiger partial charge in [0.05, 0.1) is 11.9 Å². The highest BCUT2D eigenvalue weighted by atomic mass is 32.2. The largest absolute Gasteiger partial charge is 0.481 e. The van der Waals surface area contributed by atoms with Gasteiger partial charge in [-0.2, -0.15) is 8.42 Å². The highest BCUT2D eigenvalue weighted by Gasteiger charge is 2.60. The van der Waals surface area contributed by atoms with E-state index in [-0.39, 0.29) is 18.4 Å². The van der Waals surface area contributed by atoms with Crippen LogP contribution in [0.15, 0.2) is 0 Å². The first-order chi connectivity index (χ1) is 15.8. The number of carboxylic acids is 1. The first-order valence-corrected chi connectivity index (χ1v) is 15.0. The predicted molar refractivity (Wildman–Crippen MR) is 133 cm³/mol. The molecular weight excluding hydrogens is 454 g/mol. The van der Waals surface area contributed by atoms with Crippen molar-refractivity contribution in [2.45, 2.75) is 97.5 Å². The second-order valence-corrected chi connectivity index (χ2v) is 13.9. The minimum Gasteiger partial charge on any atom is -0.481 e. The van der Waals surface area contributed by atoms with Gasteiger partial charge in [-0.3, -0.25) is 9.35 Å². The van der Waals surface area contributed by atoms with Gasteiger partial charge in [0, 0.05) is 13.0 Å². The predicted octanol–water partition coefficient (Wildman–Crippen LogP) is 4.34. The van der Waals surface area contributed by atoms with Gasteiger partial charge < -0.3 is 15.9 Å². The van der Waals surface area contributed by atoms with Crippen LogP contribution in [0, 0.1) is 46.3 Å². The third kappa shape index (κ3) is 5.81. The zero-order valence-electron chi connectivity index (χ0n) is 21.3. The molecule has 5 N–H and O–H groups in total. The number of rotatable bonds is 6. The normalized spacial score (nSPS) is 42.4. The highest BCUT2D eigenvalue weighted by molar-refractivity contribution is 7.85. The SMILES string of the molecule is C[C@H](CCC(=O)O)[C@H]1CCC2C3CCC4C[C@H](O)CC[C@]4(C)C3CC[C@@]21C.NCCS(=O)(=O)O. The Hall–Kier alpha value is -0.700. The van der Waals surface area contributed by atoms with E-state index < -0.39 is 16.1 Å². The molecule has 9 atom stereocenters. The van der Waals surface area contributed by atoms with Gasteiger partial charge in [-0.05, 0) is 111 Å². The lowest BCUT2D eigenvalue weighted by Gasteiger charge is -2.61. The zero-order valence-corrected chi connectivity index (χ0v) is 22.1. The summed E-state index contributed by atoms with van der Waals surface area (Å²) in [4.78, 5) is 11.0. The Balaban J connectivity index is 0.000000406. The maximum absolute atomic E-state index is 11.0. The molecule has 0 radical (unpaired) electrons.